The lowest BCUT2D eigenvalue weighted by Crippen LogP contribution is -2.24. The summed E-state index contributed by atoms with van der Waals surface area (Å²) in [5.41, 5.74) is 1.05. The molecule has 1 aromatic heterocycles. The van der Waals surface area contributed by atoms with Crippen molar-refractivity contribution in [3.63, 3.8) is 0 Å². The highest BCUT2D eigenvalue weighted by Crippen LogP contribution is 2.24. The first-order valence-corrected chi connectivity index (χ1v) is 6.33. The lowest BCUT2D eigenvalue weighted by molar-refractivity contribution is 0.0784. The third-order valence-corrected chi connectivity index (χ3v) is 2.89. The Bertz CT molecular complexity index is 324. The van der Waals surface area contributed by atoms with E-state index in [-0.39, 0.29) is 11.8 Å². The Labute approximate surface area is 97.8 Å². The standard InChI is InChI=1S/C11H16N2O.C2H6/c1-9-7-12-13(8-9)11(14)10-5-3-2-4-6-10;1-2/h7-8,10H,2-6H2,1H3;1-2H3. The zero-order chi connectivity index (χ0) is 12.0. The van der Waals surface area contributed by atoms with E-state index in [9.17, 15) is 4.79 Å². The Kier molecular flexibility index (Phi) is 5.23. The molecule has 0 atom stereocenters. The molecule has 3 nitrogen and oxygen atoms in total. The van der Waals surface area contributed by atoms with Crippen LogP contribution < -0.4 is 0 Å². The molecule has 0 saturated heterocycles. The van der Waals surface area contributed by atoms with Crippen LogP contribution in [0.4, 0.5) is 0 Å². The van der Waals surface area contributed by atoms with E-state index in [0.29, 0.717) is 0 Å². The van der Waals surface area contributed by atoms with Gasteiger partial charge in [-0.15, -0.1) is 0 Å². The van der Waals surface area contributed by atoms with Crippen LogP contribution in [0, 0.1) is 12.8 Å². The monoisotopic (exact) mass is 222 g/mol. The molecule has 1 aliphatic carbocycles. The predicted octanol–water partition coefficient (Wildman–Crippen LogP) is 3.44. The van der Waals surface area contributed by atoms with Crippen molar-refractivity contribution in [3.05, 3.63) is 18.0 Å². The SMILES string of the molecule is CC.Cc1cnn(C(=O)C2CCCCC2)c1. The highest BCUT2D eigenvalue weighted by molar-refractivity contribution is 5.80. The van der Waals surface area contributed by atoms with Gasteiger partial charge in [0.25, 0.3) is 0 Å². The Hall–Kier alpha value is -1.12. The molecule has 0 aliphatic heterocycles. The maximum atomic E-state index is 11.9. The van der Waals surface area contributed by atoms with Gasteiger partial charge in [0.15, 0.2) is 0 Å². The Morgan fingerprint density at radius 3 is 2.44 bits per heavy atom. The van der Waals surface area contributed by atoms with E-state index >= 15 is 0 Å². The summed E-state index contributed by atoms with van der Waals surface area (Å²) in [4.78, 5) is 11.9. The molecule has 16 heavy (non-hydrogen) atoms. The van der Waals surface area contributed by atoms with Gasteiger partial charge in [0.2, 0.25) is 5.91 Å². The molecule has 0 unspecified atom stereocenters. The molecule has 90 valence electrons. The predicted molar refractivity (Wildman–Crippen MR) is 65.5 cm³/mol. The van der Waals surface area contributed by atoms with Crippen LogP contribution in [0.2, 0.25) is 0 Å². The molecule has 0 radical (unpaired) electrons. The Balaban J connectivity index is 0.000000606. The zero-order valence-corrected chi connectivity index (χ0v) is 10.6. The van der Waals surface area contributed by atoms with Crippen molar-refractivity contribution in [2.75, 3.05) is 0 Å². The van der Waals surface area contributed by atoms with Gasteiger partial charge in [-0.05, 0) is 25.3 Å². The normalized spacial score (nSPS) is 16.4. The van der Waals surface area contributed by atoms with Gasteiger partial charge in [0, 0.05) is 12.1 Å². The van der Waals surface area contributed by atoms with Crippen LogP contribution in [0.5, 0.6) is 0 Å². The largest absolute Gasteiger partial charge is 0.272 e. The summed E-state index contributed by atoms with van der Waals surface area (Å²) in [5.74, 6) is 0.390. The second-order valence-corrected chi connectivity index (χ2v) is 4.14. The van der Waals surface area contributed by atoms with Crippen LogP contribution in [0.25, 0.3) is 0 Å². The van der Waals surface area contributed by atoms with E-state index in [0.717, 1.165) is 18.4 Å². The number of hydrogen-bond donors (Lipinski definition) is 0. The van der Waals surface area contributed by atoms with Gasteiger partial charge in [-0.1, -0.05) is 33.1 Å². The van der Waals surface area contributed by atoms with Crippen molar-refractivity contribution in [2.24, 2.45) is 5.92 Å². The number of rotatable bonds is 1. The maximum Gasteiger partial charge on any atom is 0.249 e. The van der Waals surface area contributed by atoms with Crippen LogP contribution >= 0.6 is 0 Å². The lowest BCUT2D eigenvalue weighted by Gasteiger charge is -2.19. The molecule has 0 N–H and O–H groups in total. The number of hydrogen-bond acceptors (Lipinski definition) is 2. The molecule has 0 bridgehead atoms. The molecular formula is C13H22N2O. The molecule has 1 heterocycles. The van der Waals surface area contributed by atoms with Crippen molar-refractivity contribution in [1.82, 2.24) is 9.78 Å². The van der Waals surface area contributed by atoms with Gasteiger partial charge < -0.3 is 0 Å². The van der Waals surface area contributed by atoms with E-state index in [2.05, 4.69) is 5.10 Å². The fraction of sp³-hybridized carbons (Fsp3) is 0.692. The van der Waals surface area contributed by atoms with Crippen LogP contribution in [0.15, 0.2) is 12.4 Å². The van der Waals surface area contributed by atoms with E-state index in [1.807, 2.05) is 27.0 Å². The number of carbonyl (C=O) groups is 1. The van der Waals surface area contributed by atoms with Gasteiger partial charge in [-0.3, -0.25) is 4.79 Å². The van der Waals surface area contributed by atoms with Gasteiger partial charge in [-0.2, -0.15) is 5.10 Å². The number of aromatic nitrogens is 2. The average Bonchev–Trinajstić information content (AvgIpc) is 2.79. The minimum Gasteiger partial charge on any atom is -0.272 e. The summed E-state index contributed by atoms with van der Waals surface area (Å²) in [6.07, 6.45) is 9.29. The molecule has 1 saturated carbocycles. The van der Waals surface area contributed by atoms with E-state index in [1.54, 1.807) is 6.20 Å². The fourth-order valence-electron chi connectivity index (χ4n) is 2.07. The fourth-order valence-corrected chi connectivity index (χ4v) is 2.07. The second-order valence-electron chi connectivity index (χ2n) is 4.14. The molecule has 0 spiro atoms. The van der Waals surface area contributed by atoms with Gasteiger partial charge in [0.1, 0.15) is 0 Å². The highest BCUT2D eigenvalue weighted by Gasteiger charge is 2.22. The molecule has 2 rings (SSSR count). The van der Waals surface area contributed by atoms with Gasteiger partial charge >= 0.3 is 0 Å². The van der Waals surface area contributed by atoms with Crippen LogP contribution in [-0.2, 0) is 0 Å². The second kappa shape index (κ2) is 6.46. The smallest absolute Gasteiger partial charge is 0.249 e. The molecular weight excluding hydrogens is 200 g/mol. The van der Waals surface area contributed by atoms with E-state index in [4.69, 9.17) is 0 Å². The molecule has 1 aromatic rings. The van der Waals surface area contributed by atoms with Crippen LogP contribution in [0.3, 0.4) is 0 Å². The van der Waals surface area contributed by atoms with Crippen molar-refractivity contribution in [1.29, 1.82) is 0 Å². The first-order chi connectivity index (χ1) is 7.77. The quantitative estimate of drug-likeness (QED) is 0.729. The molecule has 1 aliphatic rings. The summed E-state index contributed by atoms with van der Waals surface area (Å²) >= 11 is 0. The average molecular weight is 222 g/mol. The summed E-state index contributed by atoms with van der Waals surface area (Å²) in [5, 5.41) is 4.06. The number of carbonyl (C=O) groups excluding carboxylic acids is 1. The summed E-state index contributed by atoms with van der Waals surface area (Å²) in [6.45, 7) is 5.96. The van der Waals surface area contributed by atoms with Crippen molar-refractivity contribution in [2.45, 2.75) is 52.9 Å². The zero-order valence-electron chi connectivity index (χ0n) is 10.6. The van der Waals surface area contributed by atoms with E-state index in [1.165, 1.54) is 23.9 Å². The Morgan fingerprint density at radius 1 is 1.31 bits per heavy atom. The maximum absolute atomic E-state index is 11.9. The Morgan fingerprint density at radius 2 is 1.94 bits per heavy atom. The third kappa shape index (κ3) is 3.19. The third-order valence-electron chi connectivity index (χ3n) is 2.89. The summed E-state index contributed by atoms with van der Waals surface area (Å²) in [7, 11) is 0. The van der Waals surface area contributed by atoms with Crippen molar-refractivity contribution in [3.8, 4) is 0 Å². The first-order valence-electron chi connectivity index (χ1n) is 6.33. The van der Waals surface area contributed by atoms with Gasteiger partial charge in [-0.25, -0.2) is 4.68 Å². The van der Waals surface area contributed by atoms with Crippen molar-refractivity contribution >= 4 is 5.91 Å². The number of nitrogens with zero attached hydrogens (tertiary/aromatic N) is 2. The minimum absolute atomic E-state index is 0.179. The molecule has 0 amide bonds. The van der Waals surface area contributed by atoms with E-state index < -0.39 is 0 Å². The lowest BCUT2D eigenvalue weighted by atomic mass is 9.89. The topological polar surface area (TPSA) is 34.9 Å². The van der Waals surface area contributed by atoms with Crippen LogP contribution in [0.1, 0.15) is 56.3 Å². The number of aryl methyl sites for hydroxylation is 1. The summed E-state index contributed by atoms with van der Waals surface area (Å²) < 4.78 is 1.51. The van der Waals surface area contributed by atoms with Crippen LogP contribution in [-0.4, -0.2) is 15.7 Å². The molecule has 1 fully saturated rings. The highest BCUT2D eigenvalue weighted by atomic mass is 16.2. The molecule has 3 heteroatoms. The summed E-state index contributed by atoms with van der Waals surface area (Å²) in [6, 6.07) is 0. The first kappa shape index (κ1) is 12.9. The molecule has 0 aromatic carbocycles. The minimum atomic E-state index is 0.179. The van der Waals surface area contributed by atoms with Crippen molar-refractivity contribution < 1.29 is 4.79 Å². The van der Waals surface area contributed by atoms with Gasteiger partial charge in [0.05, 0.1) is 6.20 Å².